The number of hydrogen-bond donors (Lipinski definition) is 0. The second-order valence-electron chi connectivity index (χ2n) is 14.5. The summed E-state index contributed by atoms with van der Waals surface area (Å²) in [5.41, 5.74) is 12.4. The van der Waals surface area contributed by atoms with E-state index in [1.54, 1.807) is 0 Å². The van der Waals surface area contributed by atoms with Crippen LogP contribution < -0.4 is 4.90 Å². The molecule has 0 aliphatic rings. The highest BCUT2D eigenvalue weighted by molar-refractivity contribution is 6.10. The Hall–Kier alpha value is -8.58. The third-order valence-corrected chi connectivity index (χ3v) is 10.9. The summed E-state index contributed by atoms with van der Waals surface area (Å²) in [6, 6.07) is 74.2. The van der Waals surface area contributed by atoms with Crippen LogP contribution in [-0.4, -0.2) is 14.5 Å². The van der Waals surface area contributed by atoms with Crippen molar-refractivity contribution in [2.45, 2.75) is 0 Å². The normalized spacial score (nSPS) is 11.0. The molecule has 10 rings (SSSR count). The van der Waals surface area contributed by atoms with Gasteiger partial charge in [0.15, 0.2) is 5.82 Å². The van der Waals surface area contributed by atoms with Gasteiger partial charge in [0.05, 0.1) is 45.7 Å². The quantitative estimate of drug-likeness (QED) is 0.154. The molecule has 0 N–H and O–H groups in total. The van der Waals surface area contributed by atoms with Crippen molar-refractivity contribution in [2.75, 3.05) is 4.90 Å². The predicted molar refractivity (Wildman–Crippen MR) is 242 cm³/mol. The highest BCUT2D eigenvalue weighted by atomic mass is 15.1. The molecule has 0 saturated heterocycles. The highest BCUT2D eigenvalue weighted by Crippen LogP contribution is 2.40. The van der Waals surface area contributed by atoms with Crippen LogP contribution in [0.4, 0.5) is 17.1 Å². The first-order valence-electron chi connectivity index (χ1n) is 19.7. The summed E-state index contributed by atoms with van der Waals surface area (Å²) < 4.78 is 2.27. The zero-order valence-corrected chi connectivity index (χ0v) is 32.3. The Morgan fingerprint density at radius 2 is 0.917 bits per heavy atom. The van der Waals surface area contributed by atoms with Gasteiger partial charge in [0.1, 0.15) is 0 Å². The van der Waals surface area contributed by atoms with Gasteiger partial charge in [0.2, 0.25) is 0 Å². The number of nitriles is 2. The summed E-state index contributed by atoms with van der Waals surface area (Å²) in [5, 5.41) is 23.4. The topological polar surface area (TPSA) is 81.5 Å². The fraction of sp³-hybridized carbons (Fsp3) is 0. The van der Waals surface area contributed by atoms with Crippen molar-refractivity contribution in [1.82, 2.24) is 14.5 Å². The van der Waals surface area contributed by atoms with Gasteiger partial charge in [-0.2, -0.15) is 10.5 Å². The standard InChI is InChI=1S/C54H34N6/c55-35-41-31-40(50-34-49(37-15-5-1-6-16-37)57-54(58-50)39-17-7-2-8-18-39)32-42(36-56)53(41)38-25-27-45(28-26-38)60-51-24-14-13-23-47(51)48-33-46(29-30-52(48)60)59(43-19-9-3-10-20-43)44-21-11-4-12-22-44/h1-34H. The molecule has 0 radical (unpaired) electrons. The molecule has 0 bridgehead atoms. The average Bonchev–Trinajstić information content (AvgIpc) is 3.66. The number of fused-ring (bicyclic) bond motifs is 3. The molecule has 0 fully saturated rings. The van der Waals surface area contributed by atoms with Gasteiger partial charge in [-0.3, -0.25) is 0 Å². The van der Waals surface area contributed by atoms with Gasteiger partial charge >= 0.3 is 0 Å². The Morgan fingerprint density at radius 3 is 1.52 bits per heavy atom. The molecule has 0 amide bonds. The van der Waals surface area contributed by atoms with Gasteiger partial charge in [-0.15, -0.1) is 0 Å². The minimum absolute atomic E-state index is 0.392. The zero-order chi connectivity index (χ0) is 40.4. The van der Waals surface area contributed by atoms with E-state index in [-0.39, 0.29) is 0 Å². The summed E-state index contributed by atoms with van der Waals surface area (Å²) in [6.07, 6.45) is 0. The Morgan fingerprint density at radius 1 is 0.400 bits per heavy atom. The number of para-hydroxylation sites is 3. The van der Waals surface area contributed by atoms with Crippen molar-refractivity contribution in [3.8, 4) is 62.9 Å². The van der Waals surface area contributed by atoms with Crippen LogP contribution in [0.15, 0.2) is 206 Å². The second-order valence-corrected chi connectivity index (χ2v) is 14.5. The first kappa shape index (κ1) is 35.8. The first-order valence-corrected chi connectivity index (χ1v) is 19.7. The molecule has 0 aliphatic heterocycles. The molecule has 2 heterocycles. The zero-order valence-electron chi connectivity index (χ0n) is 32.3. The SMILES string of the molecule is N#Cc1cc(-c2cc(-c3ccccc3)nc(-c3ccccc3)n2)cc(C#N)c1-c1ccc(-n2c3ccccc3c3cc(N(c4ccccc4)c4ccccc4)ccc32)cc1. The van der Waals surface area contributed by atoms with Gasteiger partial charge in [-0.1, -0.05) is 127 Å². The van der Waals surface area contributed by atoms with Crippen molar-refractivity contribution in [1.29, 1.82) is 10.5 Å². The monoisotopic (exact) mass is 766 g/mol. The maximum atomic E-state index is 10.6. The number of anilines is 3. The number of nitrogens with zero attached hydrogens (tertiary/aromatic N) is 6. The number of rotatable bonds is 8. The number of aromatic nitrogens is 3. The molecule has 0 saturated carbocycles. The van der Waals surface area contributed by atoms with Crippen LogP contribution in [0, 0.1) is 22.7 Å². The van der Waals surface area contributed by atoms with Crippen LogP contribution in [0.25, 0.3) is 72.5 Å². The van der Waals surface area contributed by atoms with Crippen LogP contribution in [0.2, 0.25) is 0 Å². The fourth-order valence-corrected chi connectivity index (χ4v) is 8.10. The smallest absolute Gasteiger partial charge is 0.160 e. The number of benzene rings is 8. The van der Waals surface area contributed by atoms with Crippen LogP contribution in [-0.2, 0) is 0 Å². The van der Waals surface area contributed by atoms with E-state index in [2.05, 4.69) is 125 Å². The molecule has 0 atom stereocenters. The highest BCUT2D eigenvalue weighted by Gasteiger charge is 2.20. The third-order valence-electron chi connectivity index (χ3n) is 10.9. The largest absolute Gasteiger partial charge is 0.310 e. The molecular weight excluding hydrogens is 733 g/mol. The minimum atomic E-state index is 0.392. The maximum absolute atomic E-state index is 10.6. The lowest BCUT2D eigenvalue weighted by molar-refractivity contribution is 1.18. The van der Waals surface area contributed by atoms with Crippen LogP contribution >= 0.6 is 0 Å². The van der Waals surface area contributed by atoms with E-state index in [0.29, 0.717) is 33.8 Å². The third kappa shape index (κ3) is 6.51. The van der Waals surface area contributed by atoms with Crippen molar-refractivity contribution < 1.29 is 0 Å². The molecule has 2 aromatic heterocycles. The van der Waals surface area contributed by atoms with Gasteiger partial charge in [-0.05, 0) is 84.4 Å². The summed E-state index contributed by atoms with van der Waals surface area (Å²) >= 11 is 0. The molecule has 6 heteroatoms. The van der Waals surface area contributed by atoms with Gasteiger partial charge in [-0.25, -0.2) is 9.97 Å². The Kier molecular flexibility index (Phi) is 9.19. The number of hydrogen-bond acceptors (Lipinski definition) is 5. The van der Waals surface area contributed by atoms with Crippen LogP contribution in [0.5, 0.6) is 0 Å². The Bertz CT molecular complexity index is 3120. The lowest BCUT2D eigenvalue weighted by Crippen LogP contribution is -2.09. The molecule has 8 aromatic carbocycles. The molecule has 6 nitrogen and oxygen atoms in total. The van der Waals surface area contributed by atoms with E-state index in [1.165, 1.54) is 0 Å². The van der Waals surface area contributed by atoms with Crippen LogP contribution in [0.3, 0.4) is 0 Å². The summed E-state index contributed by atoms with van der Waals surface area (Å²) in [6.45, 7) is 0. The first-order chi connectivity index (χ1) is 29.7. The van der Waals surface area contributed by atoms with E-state index in [1.807, 2.05) is 103 Å². The van der Waals surface area contributed by atoms with Crippen molar-refractivity contribution in [3.63, 3.8) is 0 Å². The summed E-state index contributed by atoms with van der Waals surface area (Å²) in [4.78, 5) is 12.1. The predicted octanol–water partition coefficient (Wildman–Crippen LogP) is 13.5. The molecular formula is C54H34N6. The molecule has 0 aliphatic carbocycles. The van der Waals surface area contributed by atoms with E-state index < -0.39 is 0 Å². The fourth-order valence-electron chi connectivity index (χ4n) is 8.10. The average molecular weight is 767 g/mol. The minimum Gasteiger partial charge on any atom is -0.310 e. The van der Waals surface area contributed by atoms with Crippen molar-refractivity contribution in [3.05, 3.63) is 217 Å². The summed E-state index contributed by atoms with van der Waals surface area (Å²) in [5.74, 6) is 0.564. The maximum Gasteiger partial charge on any atom is 0.160 e. The van der Waals surface area contributed by atoms with E-state index >= 15 is 0 Å². The molecule has 60 heavy (non-hydrogen) atoms. The Labute approximate surface area is 347 Å². The van der Waals surface area contributed by atoms with Gasteiger partial charge in [0.25, 0.3) is 0 Å². The molecule has 10 aromatic rings. The lowest BCUT2D eigenvalue weighted by Gasteiger charge is -2.25. The molecule has 280 valence electrons. The van der Waals surface area contributed by atoms with Crippen molar-refractivity contribution >= 4 is 38.9 Å². The van der Waals surface area contributed by atoms with Crippen molar-refractivity contribution in [2.24, 2.45) is 0 Å². The van der Waals surface area contributed by atoms with E-state index in [4.69, 9.17) is 9.97 Å². The molecule has 0 unspecified atom stereocenters. The van der Waals surface area contributed by atoms with Gasteiger partial charge < -0.3 is 9.47 Å². The lowest BCUT2D eigenvalue weighted by atomic mass is 9.92. The Balaban J connectivity index is 1.06. The van der Waals surface area contributed by atoms with Crippen LogP contribution in [0.1, 0.15) is 11.1 Å². The van der Waals surface area contributed by atoms with E-state index in [9.17, 15) is 10.5 Å². The van der Waals surface area contributed by atoms with E-state index in [0.717, 1.165) is 66.9 Å². The summed E-state index contributed by atoms with van der Waals surface area (Å²) in [7, 11) is 0. The second kappa shape index (κ2) is 15.4. The molecule has 0 spiro atoms. The van der Waals surface area contributed by atoms with Gasteiger partial charge in [0, 0.05) is 55.8 Å².